The molecule has 1 fully saturated rings. The number of nitrogens with zero attached hydrogens (tertiary/aromatic N) is 1. The maximum atomic E-state index is 14.2. The SMILES string of the molecule is COc1ccc(OC)c(NC(=O)COC(=O)c2cc(S(=O)(=O)N3CCOCC3)ccc2F)c1. The summed E-state index contributed by atoms with van der Waals surface area (Å²) in [6.07, 6.45) is 0. The number of benzene rings is 2. The molecule has 0 radical (unpaired) electrons. The molecule has 0 bridgehead atoms. The van der Waals surface area contributed by atoms with Gasteiger partial charge < -0.3 is 24.3 Å². The Morgan fingerprint density at radius 1 is 1.09 bits per heavy atom. The lowest BCUT2D eigenvalue weighted by Gasteiger charge is -2.26. The number of hydrogen-bond acceptors (Lipinski definition) is 8. The second kappa shape index (κ2) is 10.6. The number of amides is 1. The number of nitrogens with one attached hydrogen (secondary N) is 1. The van der Waals surface area contributed by atoms with E-state index in [1.54, 1.807) is 12.1 Å². The summed E-state index contributed by atoms with van der Waals surface area (Å²) in [4.78, 5) is 24.4. The van der Waals surface area contributed by atoms with Gasteiger partial charge >= 0.3 is 5.97 Å². The second-order valence-electron chi connectivity index (χ2n) is 6.85. The fourth-order valence-electron chi connectivity index (χ4n) is 3.06. The van der Waals surface area contributed by atoms with Crippen molar-refractivity contribution in [3.05, 3.63) is 47.8 Å². The Morgan fingerprint density at radius 3 is 2.48 bits per heavy atom. The Bertz CT molecular complexity index is 1130. The Hall–Kier alpha value is -3.22. The molecule has 0 aromatic heterocycles. The van der Waals surface area contributed by atoms with Crippen LogP contribution in [0.5, 0.6) is 11.5 Å². The molecule has 1 amide bonds. The van der Waals surface area contributed by atoms with Crippen LogP contribution in [0.1, 0.15) is 10.4 Å². The van der Waals surface area contributed by atoms with E-state index in [4.69, 9.17) is 18.9 Å². The molecule has 1 saturated heterocycles. The summed E-state index contributed by atoms with van der Waals surface area (Å²) in [7, 11) is -1.08. The van der Waals surface area contributed by atoms with E-state index in [-0.39, 0.29) is 36.9 Å². The number of anilines is 1. The number of carbonyl (C=O) groups excluding carboxylic acids is 2. The number of morpholine rings is 1. The van der Waals surface area contributed by atoms with Gasteiger partial charge in [-0.05, 0) is 30.3 Å². The van der Waals surface area contributed by atoms with Crippen molar-refractivity contribution in [2.45, 2.75) is 4.90 Å². The highest BCUT2D eigenvalue weighted by molar-refractivity contribution is 7.89. The predicted octanol–water partition coefficient (Wildman–Crippen LogP) is 1.66. The van der Waals surface area contributed by atoms with Crippen molar-refractivity contribution in [2.24, 2.45) is 0 Å². The van der Waals surface area contributed by atoms with Crippen molar-refractivity contribution in [1.29, 1.82) is 0 Å². The summed E-state index contributed by atoms with van der Waals surface area (Å²) in [5.41, 5.74) is -0.321. The van der Waals surface area contributed by atoms with E-state index in [9.17, 15) is 22.4 Å². The fourth-order valence-corrected chi connectivity index (χ4v) is 4.50. The molecular formula is C21H23FN2O8S. The number of rotatable bonds is 8. The first-order valence-electron chi connectivity index (χ1n) is 9.82. The first kappa shape index (κ1) is 24.4. The minimum atomic E-state index is -3.95. The van der Waals surface area contributed by atoms with Crippen molar-refractivity contribution >= 4 is 27.6 Å². The van der Waals surface area contributed by atoms with E-state index in [1.165, 1.54) is 24.6 Å². The Kier molecular flexibility index (Phi) is 7.84. The number of carbonyl (C=O) groups is 2. The van der Waals surface area contributed by atoms with Gasteiger partial charge in [0.25, 0.3) is 5.91 Å². The van der Waals surface area contributed by atoms with E-state index >= 15 is 0 Å². The van der Waals surface area contributed by atoms with Gasteiger partial charge in [0.2, 0.25) is 10.0 Å². The van der Waals surface area contributed by atoms with Gasteiger partial charge in [-0.3, -0.25) is 4.79 Å². The highest BCUT2D eigenvalue weighted by atomic mass is 32.2. The summed E-state index contributed by atoms with van der Waals surface area (Å²) in [5, 5.41) is 2.51. The molecule has 0 saturated carbocycles. The van der Waals surface area contributed by atoms with E-state index in [0.717, 1.165) is 18.2 Å². The predicted molar refractivity (Wildman–Crippen MR) is 114 cm³/mol. The lowest BCUT2D eigenvalue weighted by molar-refractivity contribution is -0.119. The van der Waals surface area contributed by atoms with Gasteiger partial charge in [-0.15, -0.1) is 0 Å². The van der Waals surface area contributed by atoms with Gasteiger partial charge in [0.05, 0.1) is 43.6 Å². The minimum Gasteiger partial charge on any atom is -0.497 e. The molecule has 1 aliphatic heterocycles. The number of ether oxygens (including phenoxy) is 4. The molecule has 0 aliphatic carbocycles. The molecule has 1 heterocycles. The van der Waals surface area contributed by atoms with Crippen LogP contribution in [-0.2, 0) is 24.3 Å². The monoisotopic (exact) mass is 482 g/mol. The molecular weight excluding hydrogens is 459 g/mol. The van der Waals surface area contributed by atoms with Crippen LogP contribution in [0.15, 0.2) is 41.3 Å². The largest absolute Gasteiger partial charge is 0.497 e. The van der Waals surface area contributed by atoms with Crippen LogP contribution >= 0.6 is 0 Å². The minimum absolute atomic E-state index is 0.146. The maximum absolute atomic E-state index is 14.2. The zero-order valence-electron chi connectivity index (χ0n) is 18.0. The van der Waals surface area contributed by atoms with E-state index in [0.29, 0.717) is 11.5 Å². The van der Waals surface area contributed by atoms with Gasteiger partial charge in [0, 0.05) is 19.2 Å². The van der Waals surface area contributed by atoms with Gasteiger partial charge in [-0.1, -0.05) is 0 Å². The van der Waals surface area contributed by atoms with E-state index in [2.05, 4.69) is 5.32 Å². The third kappa shape index (κ3) is 5.78. The van der Waals surface area contributed by atoms with E-state index < -0.39 is 39.9 Å². The summed E-state index contributed by atoms with van der Waals surface area (Å²) in [5.74, 6) is -2.06. The van der Waals surface area contributed by atoms with Crippen LogP contribution < -0.4 is 14.8 Å². The molecule has 3 rings (SSSR count). The number of halogens is 1. The molecule has 1 N–H and O–H groups in total. The molecule has 2 aromatic rings. The van der Waals surface area contributed by atoms with Crippen LogP contribution in [0, 0.1) is 5.82 Å². The molecule has 1 aliphatic rings. The normalized spacial score (nSPS) is 14.4. The molecule has 33 heavy (non-hydrogen) atoms. The Labute approximate surface area is 190 Å². The van der Waals surface area contributed by atoms with Crippen molar-refractivity contribution in [3.8, 4) is 11.5 Å². The molecule has 0 atom stereocenters. The first-order valence-corrected chi connectivity index (χ1v) is 11.3. The van der Waals surface area contributed by atoms with Gasteiger partial charge in [-0.25, -0.2) is 17.6 Å². The molecule has 0 unspecified atom stereocenters. The summed E-state index contributed by atoms with van der Waals surface area (Å²) < 4.78 is 61.2. The highest BCUT2D eigenvalue weighted by Gasteiger charge is 2.28. The molecule has 10 nitrogen and oxygen atoms in total. The summed E-state index contributed by atoms with van der Waals surface area (Å²) in [6, 6.07) is 7.55. The van der Waals surface area contributed by atoms with Crippen molar-refractivity contribution in [3.63, 3.8) is 0 Å². The van der Waals surface area contributed by atoms with Gasteiger partial charge in [0.1, 0.15) is 17.3 Å². The third-order valence-corrected chi connectivity index (χ3v) is 6.68. The Balaban J connectivity index is 1.69. The van der Waals surface area contributed by atoms with Crippen LogP contribution in [0.4, 0.5) is 10.1 Å². The Morgan fingerprint density at radius 2 is 1.82 bits per heavy atom. The van der Waals surface area contributed by atoms with Crippen molar-refractivity contribution in [2.75, 3.05) is 52.4 Å². The third-order valence-electron chi connectivity index (χ3n) is 4.78. The van der Waals surface area contributed by atoms with Crippen molar-refractivity contribution in [1.82, 2.24) is 4.31 Å². The lowest BCUT2D eigenvalue weighted by Crippen LogP contribution is -2.40. The van der Waals surface area contributed by atoms with Gasteiger partial charge in [0.15, 0.2) is 6.61 Å². The number of hydrogen-bond donors (Lipinski definition) is 1. The average Bonchev–Trinajstić information content (AvgIpc) is 2.83. The lowest BCUT2D eigenvalue weighted by atomic mass is 10.2. The zero-order valence-corrected chi connectivity index (χ0v) is 18.8. The summed E-state index contributed by atoms with van der Waals surface area (Å²) >= 11 is 0. The van der Waals surface area contributed by atoms with Crippen molar-refractivity contribution < 1.29 is 41.3 Å². The van der Waals surface area contributed by atoms with Crippen LogP contribution in [0.2, 0.25) is 0 Å². The maximum Gasteiger partial charge on any atom is 0.341 e. The molecule has 0 spiro atoms. The average molecular weight is 482 g/mol. The highest BCUT2D eigenvalue weighted by Crippen LogP contribution is 2.29. The van der Waals surface area contributed by atoms with Crippen LogP contribution in [0.25, 0.3) is 0 Å². The topological polar surface area (TPSA) is 120 Å². The van der Waals surface area contributed by atoms with Gasteiger partial charge in [-0.2, -0.15) is 4.31 Å². The first-order chi connectivity index (χ1) is 15.8. The number of esters is 1. The summed E-state index contributed by atoms with van der Waals surface area (Å²) in [6.45, 7) is 0.0326. The molecule has 2 aromatic carbocycles. The fraction of sp³-hybridized carbons (Fsp3) is 0.333. The van der Waals surface area contributed by atoms with Crippen LogP contribution in [-0.4, -0.2) is 71.7 Å². The van der Waals surface area contributed by atoms with E-state index in [1.807, 2.05) is 0 Å². The standard InChI is InChI=1S/C21H23FN2O8S/c1-29-14-3-6-19(30-2)18(11-14)23-20(25)13-32-21(26)16-12-15(4-5-17(16)22)33(27,28)24-7-9-31-10-8-24/h3-6,11-12H,7-10,13H2,1-2H3,(H,23,25). The zero-order chi connectivity index (χ0) is 24.0. The molecule has 178 valence electrons. The molecule has 12 heteroatoms. The number of sulfonamides is 1. The number of methoxy groups -OCH3 is 2. The second-order valence-corrected chi connectivity index (χ2v) is 8.79. The quantitative estimate of drug-likeness (QED) is 0.564. The van der Waals surface area contributed by atoms with Crippen LogP contribution in [0.3, 0.4) is 0 Å². The smallest absolute Gasteiger partial charge is 0.341 e.